The van der Waals surface area contributed by atoms with Gasteiger partial charge in [0.15, 0.2) is 0 Å². The normalized spacial score (nSPS) is 14.3. The monoisotopic (exact) mass is 346 g/mol. The standard InChI is InChI=1S/C21H22N4O/c1-16-11-23-21(25(16)13-17-6-3-2-4-7-17)19-14-24(15-19)20(26)10-18-8-5-9-22-12-18/h2-9,11-12,19H,10,13-15H2,1H3. The summed E-state index contributed by atoms with van der Waals surface area (Å²) in [5.41, 5.74) is 3.38. The highest BCUT2D eigenvalue weighted by atomic mass is 16.2. The fourth-order valence-corrected chi connectivity index (χ4v) is 3.41. The summed E-state index contributed by atoms with van der Waals surface area (Å²) < 4.78 is 2.27. The van der Waals surface area contributed by atoms with Crippen molar-refractivity contribution in [2.75, 3.05) is 13.1 Å². The Morgan fingerprint density at radius 1 is 1.08 bits per heavy atom. The molecule has 1 aliphatic heterocycles. The highest BCUT2D eigenvalue weighted by molar-refractivity contribution is 5.79. The summed E-state index contributed by atoms with van der Waals surface area (Å²) in [4.78, 5) is 23.0. The summed E-state index contributed by atoms with van der Waals surface area (Å²) in [5.74, 6) is 1.55. The first-order valence-corrected chi connectivity index (χ1v) is 8.93. The predicted molar refractivity (Wildman–Crippen MR) is 99.8 cm³/mol. The maximum atomic E-state index is 12.4. The van der Waals surface area contributed by atoms with Gasteiger partial charge in [-0.05, 0) is 24.1 Å². The molecule has 2 aromatic heterocycles. The van der Waals surface area contributed by atoms with Crippen LogP contribution in [0.1, 0.15) is 28.6 Å². The minimum Gasteiger partial charge on any atom is -0.341 e. The van der Waals surface area contributed by atoms with Gasteiger partial charge in [0.1, 0.15) is 5.82 Å². The van der Waals surface area contributed by atoms with Gasteiger partial charge in [0, 0.05) is 43.9 Å². The van der Waals surface area contributed by atoms with Gasteiger partial charge in [0.2, 0.25) is 5.91 Å². The lowest BCUT2D eigenvalue weighted by Crippen LogP contribution is -2.49. The number of amides is 1. The van der Waals surface area contributed by atoms with Crippen LogP contribution in [0.15, 0.2) is 61.1 Å². The zero-order valence-corrected chi connectivity index (χ0v) is 14.9. The molecule has 4 rings (SSSR count). The molecular weight excluding hydrogens is 324 g/mol. The molecule has 0 radical (unpaired) electrons. The number of carbonyl (C=O) groups is 1. The van der Waals surface area contributed by atoms with Crippen LogP contribution in [0.4, 0.5) is 0 Å². The molecule has 0 aliphatic carbocycles. The Hall–Kier alpha value is -2.95. The molecule has 26 heavy (non-hydrogen) atoms. The van der Waals surface area contributed by atoms with Crippen molar-refractivity contribution in [3.8, 4) is 0 Å². The SMILES string of the molecule is Cc1cnc(C2CN(C(=O)Cc3cccnc3)C2)n1Cc1ccccc1. The number of aromatic nitrogens is 3. The summed E-state index contributed by atoms with van der Waals surface area (Å²) in [5, 5.41) is 0. The molecule has 0 atom stereocenters. The average molecular weight is 346 g/mol. The van der Waals surface area contributed by atoms with Crippen molar-refractivity contribution in [3.63, 3.8) is 0 Å². The van der Waals surface area contributed by atoms with Crippen LogP contribution in [0.3, 0.4) is 0 Å². The number of imidazole rings is 1. The van der Waals surface area contributed by atoms with Crippen molar-refractivity contribution in [1.82, 2.24) is 19.4 Å². The van der Waals surface area contributed by atoms with E-state index in [2.05, 4.69) is 45.7 Å². The Morgan fingerprint density at radius 3 is 2.58 bits per heavy atom. The molecule has 0 saturated carbocycles. The maximum Gasteiger partial charge on any atom is 0.227 e. The van der Waals surface area contributed by atoms with E-state index in [-0.39, 0.29) is 5.91 Å². The largest absolute Gasteiger partial charge is 0.341 e. The molecule has 132 valence electrons. The van der Waals surface area contributed by atoms with E-state index in [1.165, 1.54) is 5.56 Å². The summed E-state index contributed by atoms with van der Waals surface area (Å²) in [6.45, 7) is 4.39. The van der Waals surface area contributed by atoms with Crippen LogP contribution in [0.2, 0.25) is 0 Å². The van der Waals surface area contributed by atoms with Crippen LogP contribution in [0.25, 0.3) is 0 Å². The summed E-state index contributed by atoms with van der Waals surface area (Å²) >= 11 is 0. The van der Waals surface area contributed by atoms with Crippen molar-refractivity contribution in [1.29, 1.82) is 0 Å². The van der Waals surface area contributed by atoms with Crippen molar-refractivity contribution >= 4 is 5.91 Å². The Morgan fingerprint density at radius 2 is 1.85 bits per heavy atom. The molecule has 1 amide bonds. The van der Waals surface area contributed by atoms with Gasteiger partial charge in [-0.1, -0.05) is 36.4 Å². The van der Waals surface area contributed by atoms with Gasteiger partial charge in [0.25, 0.3) is 0 Å². The molecule has 5 heteroatoms. The van der Waals surface area contributed by atoms with E-state index in [1.807, 2.05) is 29.3 Å². The minimum absolute atomic E-state index is 0.159. The van der Waals surface area contributed by atoms with Crippen LogP contribution in [-0.2, 0) is 17.8 Å². The molecule has 1 aromatic carbocycles. The van der Waals surface area contributed by atoms with Gasteiger partial charge in [-0.3, -0.25) is 9.78 Å². The molecule has 1 aliphatic rings. The van der Waals surface area contributed by atoms with Crippen molar-refractivity contribution in [2.45, 2.75) is 25.8 Å². The number of rotatable bonds is 5. The van der Waals surface area contributed by atoms with Crippen molar-refractivity contribution < 1.29 is 4.79 Å². The Kier molecular flexibility index (Phi) is 4.52. The third kappa shape index (κ3) is 3.38. The van der Waals surface area contributed by atoms with E-state index < -0.39 is 0 Å². The van der Waals surface area contributed by atoms with Crippen LogP contribution in [-0.4, -0.2) is 38.4 Å². The van der Waals surface area contributed by atoms with E-state index in [4.69, 9.17) is 0 Å². The number of hydrogen-bond acceptors (Lipinski definition) is 3. The third-order valence-corrected chi connectivity index (χ3v) is 4.95. The summed E-state index contributed by atoms with van der Waals surface area (Å²) in [7, 11) is 0. The Labute approximate surface area is 153 Å². The van der Waals surface area contributed by atoms with Crippen LogP contribution < -0.4 is 0 Å². The third-order valence-electron chi connectivity index (χ3n) is 4.95. The van der Waals surface area contributed by atoms with Gasteiger partial charge in [-0.2, -0.15) is 0 Å². The Bertz CT molecular complexity index is 883. The fourth-order valence-electron chi connectivity index (χ4n) is 3.41. The van der Waals surface area contributed by atoms with E-state index in [0.29, 0.717) is 12.3 Å². The van der Waals surface area contributed by atoms with Crippen molar-refractivity contribution in [2.24, 2.45) is 0 Å². The number of hydrogen-bond donors (Lipinski definition) is 0. The zero-order chi connectivity index (χ0) is 17.9. The number of carbonyl (C=O) groups excluding carboxylic acids is 1. The summed E-state index contributed by atoms with van der Waals surface area (Å²) in [6.07, 6.45) is 5.82. The fraction of sp³-hybridized carbons (Fsp3) is 0.286. The molecular formula is C21H22N4O. The first kappa shape index (κ1) is 16.5. The molecule has 1 fully saturated rings. The van der Waals surface area contributed by atoms with Gasteiger partial charge in [-0.15, -0.1) is 0 Å². The molecule has 0 N–H and O–H groups in total. The highest BCUT2D eigenvalue weighted by Crippen LogP contribution is 2.28. The van der Waals surface area contributed by atoms with E-state index in [0.717, 1.165) is 36.7 Å². The highest BCUT2D eigenvalue weighted by Gasteiger charge is 2.34. The molecule has 5 nitrogen and oxygen atoms in total. The molecule has 3 heterocycles. The lowest BCUT2D eigenvalue weighted by molar-refractivity contribution is -0.135. The minimum atomic E-state index is 0.159. The molecule has 0 bridgehead atoms. The zero-order valence-electron chi connectivity index (χ0n) is 14.9. The number of likely N-dealkylation sites (tertiary alicyclic amines) is 1. The number of benzene rings is 1. The first-order chi connectivity index (χ1) is 12.7. The predicted octanol–water partition coefficient (Wildman–Crippen LogP) is 2.80. The second-order valence-electron chi connectivity index (χ2n) is 6.86. The number of pyridine rings is 1. The Balaban J connectivity index is 1.41. The molecule has 1 saturated heterocycles. The molecule has 0 unspecified atom stereocenters. The van der Waals surface area contributed by atoms with Crippen LogP contribution >= 0.6 is 0 Å². The lowest BCUT2D eigenvalue weighted by atomic mass is 9.98. The van der Waals surface area contributed by atoms with E-state index >= 15 is 0 Å². The van der Waals surface area contributed by atoms with E-state index in [9.17, 15) is 4.79 Å². The van der Waals surface area contributed by atoms with Gasteiger partial charge in [-0.25, -0.2) is 4.98 Å². The lowest BCUT2D eigenvalue weighted by Gasteiger charge is -2.39. The molecule has 0 spiro atoms. The van der Waals surface area contributed by atoms with Crippen LogP contribution in [0.5, 0.6) is 0 Å². The quantitative estimate of drug-likeness (QED) is 0.714. The van der Waals surface area contributed by atoms with Gasteiger partial charge < -0.3 is 9.47 Å². The van der Waals surface area contributed by atoms with Gasteiger partial charge >= 0.3 is 0 Å². The van der Waals surface area contributed by atoms with E-state index in [1.54, 1.807) is 12.4 Å². The second-order valence-corrected chi connectivity index (χ2v) is 6.86. The second kappa shape index (κ2) is 7.12. The van der Waals surface area contributed by atoms with Crippen LogP contribution in [0, 0.1) is 6.92 Å². The number of nitrogens with zero attached hydrogens (tertiary/aromatic N) is 4. The molecule has 3 aromatic rings. The summed E-state index contributed by atoms with van der Waals surface area (Å²) in [6, 6.07) is 14.2. The van der Waals surface area contributed by atoms with Gasteiger partial charge in [0.05, 0.1) is 12.3 Å². The smallest absolute Gasteiger partial charge is 0.227 e. The topological polar surface area (TPSA) is 51.0 Å². The average Bonchev–Trinajstić information content (AvgIpc) is 2.96. The van der Waals surface area contributed by atoms with Crippen molar-refractivity contribution in [3.05, 3.63) is 83.7 Å². The first-order valence-electron chi connectivity index (χ1n) is 8.93. The maximum absolute atomic E-state index is 12.4. The number of aryl methyl sites for hydroxylation is 1.